The van der Waals surface area contributed by atoms with Crippen molar-refractivity contribution in [3.8, 4) is 0 Å². The summed E-state index contributed by atoms with van der Waals surface area (Å²) >= 11 is 14.0. The van der Waals surface area contributed by atoms with Crippen molar-refractivity contribution in [3.05, 3.63) is 23.6 Å². The number of halogens is 4. The fourth-order valence-electron chi connectivity index (χ4n) is 6.51. The van der Waals surface area contributed by atoms with Crippen molar-refractivity contribution in [2.45, 2.75) is 49.8 Å². The standard InChI is InChI=1S/C21H22Cl2F2O3/c1-19-8-17(22)21(23)13(11(19)3-4-12(19)16(27)9-24)7-15(25)14-5-10(26)6-18(28)20(14,21)2/h5,7,11-13,17H,3-4,6,8-9H2,1-2H3/t11-,12+,13-,17?,19-,20+,21-/m0/s1. The quantitative estimate of drug-likeness (QED) is 0.478. The molecule has 4 aliphatic carbocycles. The molecule has 0 bridgehead atoms. The number of hydrogen-bond donors (Lipinski definition) is 0. The third-order valence-corrected chi connectivity index (χ3v) is 9.51. The van der Waals surface area contributed by atoms with E-state index in [-0.39, 0.29) is 17.9 Å². The van der Waals surface area contributed by atoms with Crippen molar-refractivity contribution in [2.24, 2.45) is 28.6 Å². The van der Waals surface area contributed by atoms with Crippen LogP contribution < -0.4 is 0 Å². The van der Waals surface area contributed by atoms with Gasteiger partial charge in [0.1, 0.15) is 12.5 Å². The van der Waals surface area contributed by atoms with E-state index < -0.39 is 62.8 Å². The largest absolute Gasteiger partial charge is 0.298 e. The molecule has 0 radical (unpaired) electrons. The Labute approximate surface area is 172 Å². The Hall–Kier alpha value is -1.07. The number of carbonyl (C=O) groups is 3. The molecule has 0 amide bonds. The molecule has 4 rings (SSSR count). The van der Waals surface area contributed by atoms with Gasteiger partial charge in [0.05, 0.1) is 22.1 Å². The zero-order valence-corrected chi connectivity index (χ0v) is 17.2. The molecule has 2 saturated carbocycles. The summed E-state index contributed by atoms with van der Waals surface area (Å²) < 4.78 is 28.3. The lowest BCUT2D eigenvalue weighted by Gasteiger charge is -2.61. The normalized spacial score (nSPS) is 47.6. The van der Waals surface area contributed by atoms with E-state index in [0.717, 1.165) is 0 Å². The lowest BCUT2D eigenvalue weighted by atomic mass is 9.47. The molecular formula is C21H22Cl2F2O3. The molecule has 3 nitrogen and oxygen atoms in total. The van der Waals surface area contributed by atoms with E-state index in [9.17, 15) is 18.8 Å². The highest BCUT2D eigenvalue weighted by Gasteiger charge is 2.71. The number of hydrogen-bond acceptors (Lipinski definition) is 3. The Morgan fingerprint density at radius 3 is 2.61 bits per heavy atom. The summed E-state index contributed by atoms with van der Waals surface area (Å²) in [5.41, 5.74) is -2.04. The van der Waals surface area contributed by atoms with Gasteiger partial charge in [-0.1, -0.05) is 6.92 Å². The van der Waals surface area contributed by atoms with E-state index in [0.29, 0.717) is 19.3 Å². The SMILES string of the molecule is C[C@]12CC(Cl)[C@@]3(Cl)[C@@H](C=C(F)C4=CC(=O)CC(=O)[C@@]43C)[C@@H]1CC[C@@H]2C(=O)CF. The van der Waals surface area contributed by atoms with Gasteiger partial charge in [-0.15, -0.1) is 23.2 Å². The van der Waals surface area contributed by atoms with Gasteiger partial charge in [0.15, 0.2) is 17.3 Å². The molecule has 0 N–H and O–H groups in total. The molecule has 4 aliphatic rings. The number of carbonyl (C=O) groups excluding carboxylic acids is 3. The Bertz CT molecular complexity index is 853. The fourth-order valence-corrected chi connectivity index (χ4v) is 7.70. The average Bonchev–Trinajstić information content (AvgIpc) is 2.96. The van der Waals surface area contributed by atoms with Crippen molar-refractivity contribution in [1.29, 1.82) is 0 Å². The number of allylic oxidation sites excluding steroid dienone is 4. The zero-order chi connectivity index (χ0) is 20.6. The van der Waals surface area contributed by atoms with Gasteiger partial charge in [-0.2, -0.15) is 0 Å². The minimum Gasteiger partial charge on any atom is -0.298 e. The smallest absolute Gasteiger partial charge is 0.167 e. The average molecular weight is 431 g/mol. The molecule has 152 valence electrons. The Balaban J connectivity index is 1.90. The van der Waals surface area contributed by atoms with Crippen LogP contribution in [0.4, 0.5) is 8.78 Å². The minimum absolute atomic E-state index is 0.00337. The van der Waals surface area contributed by atoms with E-state index in [4.69, 9.17) is 23.2 Å². The maximum atomic E-state index is 15.1. The predicted octanol–water partition coefficient (Wildman–Crippen LogP) is 4.50. The maximum Gasteiger partial charge on any atom is 0.167 e. The second-order valence-electron chi connectivity index (χ2n) is 9.07. The van der Waals surface area contributed by atoms with Crippen LogP contribution in [-0.2, 0) is 14.4 Å². The molecule has 0 aromatic rings. The summed E-state index contributed by atoms with van der Waals surface area (Å²) in [6.07, 6.45) is 3.64. The highest BCUT2D eigenvalue weighted by molar-refractivity contribution is 6.36. The van der Waals surface area contributed by atoms with E-state index >= 15 is 4.39 Å². The number of Topliss-reactive ketones (excluding diaryl/α,β-unsaturated/α-hetero) is 2. The first-order chi connectivity index (χ1) is 13.0. The highest BCUT2D eigenvalue weighted by atomic mass is 35.5. The molecule has 28 heavy (non-hydrogen) atoms. The van der Waals surface area contributed by atoms with Gasteiger partial charge in [-0.25, -0.2) is 8.78 Å². The van der Waals surface area contributed by atoms with Crippen molar-refractivity contribution in [1.82, 2.24) is 0 Å². The molecule has 1 unspecified atom stereocenters. The second-order valence-corrected chi connectivity index (χ2v) is 10.2. The number of ketones is 3. The van der Waals surface area contributed by atoms with E-state index in [1.165, 1.54) is 12.2 Å². The molecule has 2 fully saturated rings. The number of rotatable bonds is 2. The van der Waals surface area contributed by atoms with Crippen LogP contribution in [0, 0.1) is 28.6 Å². The van der Waals surface area contributed by atoms with Crippen LogP contribution in [0.2, 0.25) is 0 Å². The second kappa shape index (κ2) is 6.21. The van der Waals surface area contributed by atoms with Crippen LogP contribution >= 0.6 is 23.2 Å². The zero-order valence-electron chi connectivity index (χ0n) is 15.7. The van der Waals surface area contributed by atoms with Gasteiger partial charge in [0.25, 0.3) is 0 Å². The van der Waals surface area contributed by atoms with Gasteiger partial charge in [0.2, 0.25) is 0 Å². The molecule has 0 spiro atoms. The van der Waals surface area contributed by atoms with Crippen LogP contribution in [0.5, 0.6) is 0 Å². The summed E-state index contributed by atoms with van der Waals surface area (Å²) in [7, 11) is 0. The van der Waals surface area contributed by atoms with Crippen LogP contribution in [0.25, 0.3) is 0 Å². The maximum absolute atomic E-state index is 15.1. The topological polar surface area (TPSA) is 51.2 Å². The predicted molar refractivity (Wildman–Crippen MR) is 102 cm³/mol. The molecule has 0 aliphatic heterocycles. The van der Waals surface area contributed by atoms with Gasteiger partial charge in [-0.05, 0) is 49.7 Å². The van der Waals surface area contributed by atoms with Crippen molar-refractivity contribution >= 4 is 40.6 Å². The summed E-state index contributed by atoms with van der Waals surface area (Å²) in [5.74, 6) is -3.24. The van der Waals surface area contributed by atoms with Gasteiger partial charge in [-0.3, -0.25) is 14.4 Å². The summed E-state index contributed by atoms with van der Waals surface area (Å²) in [4.78, 5) is 35.8. The molecule has 0 aromatic carbocycles. The van der Waals surface area contributed by atoms with Crippen molar-refractivity contribution in [3.63, 3.8) is 0 Å². The third kappa shape index (κ3) is 2.23. The summed E-state index contributed by atoms with van der Waals surface area (Å²) in [6.45, 7) is 2.45. The van der Waals surface area contributed by atoms with Gasteiger partial charge in [0, 0.05) is 17.4 Å². The Kier molecular flexibility index (Phi) is 4.49. The fraction of sp³-hybridized carbons (Fsp3) is 0.667. The third-order valence-electron chi connectivity index (χ3n) is 8.01. The molecule has 0 saturated heterocycles. The molecule has 7 heteroatoms. The number of alkyl halides is 3. The van der Waals surface area contributed by atoms with Crippen LogP contribution in [0.1, 0.15) is 39.5 Å². The summed E-state index contributed by atoms with van der Waals surface area (Å²) in [6, 6.07) is 0. The molecule has 0 aromatic heterocycles. The van der Waals surface area contributed by atoms with Gasteiger partial charge >= 0.3 is 0 Å². The van der Waals surface area contributed by atoms with Crippen LogP contribution in [0.15, 0.2) is 23.6 Å². The van der Waals surface area contributed by atoms with Gasteiger partial charge < -0.3 is 0 Å². The molecular weight excluding hydrogens is 409 g/mol. The monoisotopic (exact) mass is 430 g/mol. The Morgan fingerprint density at radius 2 is 1.96 bits per heavy atom. The first kappa shape index (κ1) is 20.2. The number of fused-ring (bicyclic) bond motifs is 5. The van der Waals surface area contributed by atoms with Crippen LogP contribution in [-0.4, -0.2) is 34.3 Å². The van der Waals surface area contributed by atoms with E-state index in [2.05, 4.69) is 0 Å². The lowest BCUT2D eigenvalue weighted by molar-refractivity contribution is -0.137. The van der Waals surface area contributed by atoms with E-state index in [1.54, 1.807) is 6.92 Å². The van der Waals surface area contributed by atoms with E-state index in [1.807, 2.05) is 6.92 Å². The first-order valence-corrected chi connectivity index (χ1v) is 10.4. The molecule has 7 atom stereocenters. The lowest BCUT2D eigenvalue weighted by Crippen LogP contribution is -2.67. The first-order valence-electron chi connectivity index (χ1n) is 9.59. The van der Waals surface area contributed by atoms with Crippen molar-refractivity contribution in [2.75, 3.05) is 6.67 Å². The van der Waals surface area contributed by atoms with Crippen LogP contribution in [0.3, 0.4) is 0 Å². The molecule has 0 heterocycles. The Morgan fingerprint density at radius 1 is 1.29 bits per heavy atom. The van der Waals surface area contributed by atoms with Crippen molar-refractivity contribution < 1.29 is 23.2 Å². The summed E-state index contributed by atoms with van der Waals surface area (Å²) in [5, 5.41) is -0.747. The highest BCUT2D eigenvalue weighted by Crippen LogP contribution is 2.70. The minimum atomic E-state index is -1.43.